The summed E-state index contributed by atoms with van der Waals surface area (Å²) in [6, 6.07) is 4.55. The summed E-state index contributed by atoms with van der Waals surface area (Å²) >= 11 is 0. The van der Waals surface area contributed by atoms with Crippen LogP contribution in [0.1, 0.15) is 42.7 Å². The zero-order valence-corrected chi connectivity index (χ0v) is 10.8. The molecule has 1 saturated carbocycles. The van der Waals surface area contributed by atoms with E-state index < -0.39 is 11.9 Å². The molecule has 0 aromatic heterocycles. The lowest BCUT2D eigenvalue weighted by Crippen LogP contribution is -2.19. The maximum absolute atomic E-state index is 13.7. The SMILES string of the molecule is CO[C@H]1CC[C@H](c2ccc(C=C(F)F)c(F)c2)CC1. The van der Waals surface area contributed by atoms with Crippen LogP contribution in [0.3, 0.4) is 0 Å². The Morgan fingerprint density at radius 2 is 1.89 bits per heavy atom. The number of methoxy groups -OCH3 is 1. The van der Waals surface area contributed by atoms with Gasteiger partial charge in [0.15, 0.2) is 0 Å². The van der Waals surface area contributed by atoms with E-state index in [2.05, 4.69) is 0 Å². The van der Waals surface area contributed by atoms with Crippen molar-refractivity contribution >= 4 is 6.08 Å². The van der Waals surface area contributed by atoms with Crippen molar-refractivity contribution in [1.29, 1.82) is 0 Å². The van der Waals surface area contributed by atoms with E-state index in [0.717, 1.165) is 31.2 Å². The molecule has 1 aromatic rings. The van der Waals surface area contributed by atoms with Crippen LogP contribution < -0.4 is 0 Å². The van der Waals surface area contributed by atoms with E-state index in [9.17, 15) is 13.2 Å². The minimum Gasteiger partial charge on any atom is -0.381 e. The fourth-order valence-electron chi connectivity index (χ4n) is 2.66. The molecule has 0 spiro atoms. The predicted octanol–water partition coefficient (Wildman–Crippen LogP) is 4.74. The number of ether oxygens (including phenoxy) is 1. The quantitative estimate of drug-likeness (QED) is 0.771. The van der Waals surface area contributed by atoms with Gasteiger partial charge in [0.2, 0.25) is 0 Å². The second kappa shape index (κ2) is 6.24. The molecule has 1 aromatic carbocycles. The monoisotopic (exact) mass is 270 g/mol. The van der Waals surface area contributed by atoms with Gasteiger partial charge in [-0.05, 0) is 43.2 Å². The molecule has 1 aliphatic rings. The lowest BCUT2D eigenvalue weighted by atomic mass is 9.82. The highest BCUT2D eigenvalue weighted by Gasteiger charge is 2.22. The highest BCUT2D eigenvalue weighted by atomic mass is 19.3. The van der Waals surface area contributed by atoms with Gasteiger partial charge in [-0.25, -0.2) is 4.39 Å². The lowest BCUT2D eigenvalue weighted by Gasteiger charge is -2.27. The van der Waals surface area contributed by atoms with Crippen molar-refractivity contribution in [2.24, 2.45) is 0 Å². The Labute approximate surface area is 111 Å². The first kappa shape index (κ1) is 14.1. The normalized spacial score (nSPS) is 23.2. The first-order valence-corrected chi connectivity index (χ1v) is 6.45. The Balaban J connectivity index is 2.10. The molecule has 1 aliphatic carbocycles. The number of hydrogen-bond donors (Lipinski definition) is 0. The molecule has 1 nitrogen and oxygen atoms in total. The zero-order chi connectivity index (χ0) is 13.8. The zero-order valence-electron chi connectivity index (χ0n) is 10.8. The summed E-state index contributed by atoms with van der Waals surface area (Å²) in [6.45, 7) is 0. The third kappa shape index (κ3) is 3.60. The van der Waals surface area contributed by atoms with Crippen LogP contribution in [0.2, 0.25) is 0 Å². The smallest absolute Gasteiger partial charge is 0.271 e. The average Bonchev–Trinajstić information content (AvgIpc) is 2.41. The first-order valence-electron chi connectivity index (χ1n) is 6.45. The van der Waals surface area contributed by atoms with Gasteiger partial charge in [0.05, 0.1) is 6.10 Å². The minimum absolute atomic E-state index is 0.0608. The Hall–Kier alpha value is -1.29. The summed E-state index contributed by atoms with van der Waals surface area (Å²) in [5.41, 5.74) is 0.831. The molecule has 0 saturated heterocycles. The maximum Gasteiger partial charge on any atom is 0.271 e. The van der Waals surface area contributed by atoms with E-state index in [-0.39, 0.29) is 5.56 Å². The molecule has 0 N–H and O–H groups in total. The molecule has 0 amide bonds. The van der Waals surface area contributed by atoms with Crippen LogP contribution in [0.5, 0.6) is 0 Å². The highest BCUT2D eigenvalue weighted by molar-refractivity contribution is 5.51. The number of benzene rings is 1. The lowest BCUT2D eigenvalue weighted by molar-refractivity contribution is 0.0658. The van der Waals surface area contributed by atoms with Gasteiger partial charge in [0.1, 0.15) is 5.82 Å². The van der Waals surface area contributed by atoms with Gasteiger partial charge < -0.3 is 4.74 Å². The Morgan fingerprint density at radius 3 is 2.42 bits per heavy atom. The van der Waals surface area contributed by atoms with Crippen molar-refractivity contribution in [3.8, 4) is 0 Å². The van der Waals surface area contributed by atoms with Gasteiger partial charge in [0.25, 0.3) is 6.08 Å². The van der Waals surface area contributed by atoms with Crippen LogP contribution in [0.15, 0.2) is 24.3 Å². The summed E-state index contributed by atoms with van der Waals surface area (Å²) < 4.78 is 43.2. The fourth-order valence-corrected chi connectivity index (χ4v) is 2.66. The summed E-state index contributed by atoms with van der Waals surface area (Å²) in [7, 11) is 1.71. The third-order valence-corrected chi connectivity index (χ3v) is 3.77. The molecule has 0 aliphatic heterocycles. The van der Waals surface area contributed by atoms with Gasteiger partial charge in [-0.3, -0.25) is 0 Å². The summed E-state index contributed by atoms with van der Waals surface area (Å²) in [5.74, 6) is -0.284. The molecule has 0 bridgehead atoms. The van der Waals surface area contributed by atoms with Crippen molar-refractivity contribution in [2.45, 2.75) is 37.7 Å². The van der Waals surface area contributed by atoms with Gasteiger partial charge in [-0.2, -0.15) is 8.78 Å². The van der Waals surface area contributed by atoms with Gasteiger partial charge >= 0.3 is 0 Å². The number of halogens is 3. The highest BCUT2D eigenvalue weighted by Crippen LogP contribution is 2.34. The number of hydrogen-bond acceptors (Lipinski definition) is 1. The van der Waals surface area contributed by atoms with Crippen molar-refractivity contribution < 1.29 is 17.9 Å². The van der Waals surface area contributed by atoms with E-state index in [4.69, 9.17) is 4.74 Å². The molecule has 0 heterocycles. The molecule has 19 heavy (non-hydrogen) atoms. The Morgan fingerprint density at radius 1 is 1.21 bits per heavy atom. The number of rotatable bonds is 3. The average molecular weight is 270 g/mol. The molecule has 0 unspecified atom stereocenters. The van der Waals surface area contributed by atoms with Crippen LogP contribution in [0, 0.1) is 5.82 Å². The van der Waals surface area contributed by atoms with E-state index in [1.807, 2.05) is 0 Å². The van der Waals surface area contributed by atoms with Gasteiger partial charge in [0, 0.05) is 18.7 Å². The van der Waals surface area contributed by atoms with E-state index in [1.54, 1.807) is 13.2 Å². The van der Waals surface area contributed by atoms with Crippen molar-refractivity contribution in [3.63, 3.8) is 0 Å². The molecular weight excluding hydrogens is 253 g/mol. The summed E-state index contributed by atoms with van der Waals surface area (Å²) in [6.07, 6.45) is 2.79. The van der Waals surface area contributed by atoms with Gasteiger partial charge in [-0.15, -0.1) is 0 Å². The molecule has 4 heteroatoms. The van der Waals surface area contributed by atoms with Crippen molar-refractivity contribution in [2.75, 3.05) is 7.11 Å². The van der Waals surface area contributed by atoms with E-state index in [0.29, 0.717) is 18.1 Å². The van der Waals surface area contributed by atoms with Crippen molar-refractivity contribution in [3.05, 3.63) is 41.2 Å². The topological polar surface area (TPSA) is 9.23 Å². The van der Waals surface area contributed by atoms with Crippen LogP contribution in [0.25, 0.3) is 6.08 Å². The predicted molar refractivity (Wildman–Crippen MR) is 68.6 cm³/mol. The van der Waals surface area contributed by atoms with Crippen LogP contribution in [-0.4, -0.2) is 13.2 Å². The first-order chi connectivity index (χ1) is 9.10. The standard InChI is InChI=1S/C15H17F3O/c1-19-13-6-4-10(5-7-13)11-2-3-12(9-15(17)18)14(16)8-11/h2-3,8-10,13H,4-7H2,1H3/t10-,13-. The molecule has 0 radical (unpaired) electrons. The summed E-state index contributed by atoms with van der Waals surface area (Å²) in [4.78, 5) is 0. The van der Waals surface area contributed by atoms with Crippen LogP contribution >= 0.6 is 0 Å². The largest absolute Gasteiger partial charge is 0.381 e. The van der Waals surface area contributed by atoms with Crippen LogP contribution in [-0.2, 0) is 4.74 Å². The Bertz CT molecular complexity index is 458. The van der Waals surface area contributed by atoms with E-state index >= 15 is 0 Å². The second-order valence-electron chi connectivity index (χ2n) is 4.92. The van der Waals surface area contributed by atoms with Crippen molar-refractivity contribution in [1.82, 2.24) is 0 Å². The maximum atomic E-state index is 13.7. The summed E-state index contributed by atoms with van der Waals surface area (Å²) in [5, 5.41) is 0. The van der Waals surface area contributed by atoms with Gasteiger partial charge in [-0.1, -0.05) is 12.1 Å². The third-order valence-electron chi connectivity index (χ3n) is 3.77. The molecule has 1 fully saturated rings. The molecule has 2 rings (SSSR count). The fraction of sp³-hybridized carbons (Fsp3) is 0.467. The second-order valence-corrected chi connectivity index (χ2v) is 4.92. The Kier molecular flexibility index (Phi) is 4.64. The minimum atomic E-state index is -1.88. The molecule has 104 valence electrons. The van der Waals surface area contributed by atoms with Crippen LogP contribution in [0.4, 0.5) is 13.2 Å². The molecular formula is C15H17F3O. The van der Waals surface area contributed by atoms with E-state index in [1.165, 1.54) is 12.1 Å². The molecule has 0 atom stereocenters.